The molecule has 1 aromatic carbocycles. The molecule has 1 rings (SSSR count). The Labute approximate surface area is 108 Å². The fourth-order valence-corrected chi connectivity index (χ4v) is 1.98. The van der Waals surface area contributed by atoms with Gasteiger partial charge in [0.25, 0.3) is 5.91 Å². The smallest absolute Gasteiger partial charge is 0.251 e. The lowest BCUT2D eigenvalue weighted by molar-refractivity contribution is 0.0951. The van der Waals surface area contributed by atoms with Crippen LogP contribution in [0.5, 0.6) is 0 Å². The van der Waals surface area contributed by atoms with E-state index in [0.29, 0.717) is 12.1 Å². The lowest BCUT2D eigenvalue weighted by Crippen LogP contribution is -2.31. The first-order valence-electron chi connectivity index (χ1n) is 5.54. The summed E-state index contributed by atoms with van der Waals surface area (Å²) in [6.07, 6.45) is 1.14. The van der Waals surface area contributed by atoms with Gasteiger partial charge in [0.15, 0.2) is 9.84 Å². The Morgan fingerprint density at radius 3 is 2.22 bits per heavy atom. The van der Waals surface area contributed by atoms with E-state index in [-0.39, 0.29) is 10.8 Å². The number of likely N-dealkylation sites (N-methyl/N-ethyl adjacent to an activating group) is 1. The van der Waals surface area contributed by atoms with Gasteiger partial charge in [-0.2, -0.15) is 0 Å². The van der Waals surface area contributed by atoms with Gasteiger partial charge in [-0.15, -0.1) is 0 Å². The van der Waals surface area contributed by atoms with Crippen molar-refractivity contribution in [3.8, 4) is 0 Å². The molecule has 18 heavy (non-hydrogen) atoms. The van der Waals surface area contributed by atoms with Gasteiger partial charge in [-0.05, 0) is 38.4 Å². The highest BCUT2D eigenvalue weighted by Gasteiger charge is 2.09. The van der Waals surface area contributed by atoms with Gasteiger partial charge in [0.2, 0.25) is 0 Å². The number of carbonyl (C=O) groups excluding carboxylic acids is 1. The average molecular weight is 270 g/mol. The van der Waals surface area contributed by atoms with Gasteiger partial charge in [0.05, 0.1) is 4.90 Å². The quantitative estimate of drug-likeness (QED) is 0.840. The predicted molar refractivity (Wildman–Crippen MR) is 70.4 cm³/mol. The molecule has 0 atom stereocenters. The number of nitrogens with one attached hydrogen (secondary N) is 1. The average Bonchev–Trinajstić information content (AvgIpc) is 2.27. The Balaban J connectivity index is 2.65. The SMILES string of the molecule is CN(C)CCNC(=O)c1ccc(S(C)(=O)=O)cc1. The van der Waals surface area contributed by atoms with Gasteiger partial charge in [-0.1, -0.05) is 0 Å². The number of nitrogens with zero attached hydrogens (tertiary/aromatic N) is 1. The van der Waals surface area contributed by atoms with Crippen LogP contribution in [0.25, 0.3) is 0 Å². The first kappa shape index (κ1) is 14.7. The molecule has 1 amide bonds. The maximum Gasteiger partial charge on any atom is 0.251 e. The normalized spacial score (nSPS) is 11.6. The van der Waals surface area contributed by atoms with Gasteiger partial charge in [0, 0.05) is 24.9 Å². The Kier molecular flexibility index (Phi) is 4.86. The molecule has 0 aliphatic carbocycles. The molecule has 0 fully saturated rings. The van der Waals surface area contributed by atoms with E-state index in [0.717, 1.165) is 12.8 Å². The van der Waals surface area contributed by atoms with Crippen LogP contribution in [-0.2, 0) is 9.84 Å². The number of sulfone groups is 1. The zero-order valence-electron chi connectivity index (χ0n) is 10.8. The third kappa shape index (κ3) is 4.46. The molecule has 0 spiro atoms. The molecule has 1 N–H and O–H groups in total. The minimum absolute atomic E-state index is 0.197. The number of hydrogen-bond donors (Lipinski definition) is 1. The van der Waals surface area contributed by atoms with Crippen LogP contribution in [0.2, 0.25) is 0 Å². The van der Waals surface area contributed by atoms with Crippen LogP contribution >= 0.6 is 0 Å². The van der Waals surface area contributed by atoms with Crippen LogP contribution in [0.4, 0.5) is 0 Å². The molecule has 0 aromatic heterocycles. The largest absolute Gasteiger partial charge is 0.351 e. The van der Waals surface area contributed by atoms with Gasteiger partial charge in [-0.3, -0.25) is 4.79 Å². The summed E-state index contributed by atoms with van der Waals surface area (Å²) in [5.74, 6) is -0.197. The molecule has 0 aliphatic heterocycles. The summed E-state index contributed by atoms with van der Waals surface area (Å²) in [4.78, 5) is 13.9. The summed E-state index contributed by atoms with van der Waals surface area (Å²) in [7, 11) is 0.635. The highest BCUT2D eigenvalue weighted by Crippen LogP contribution is 2.10. The van der Waals surface area contributed by atoms with E-state index in [4.69, 9.17) is 0 Å². The molecule has 0 bridgehead atoms. The van der Waals surface area contributed by atoms with E-state index in [2.05, 4.69) is 5.32 Å². The summed E-state index contributed by atoms with van der Waals surface area (Å²) in [5, 5.41) is 2.76. The van der Waals surface area contributed by atoms with Crippen LogP contribution in [0.3, 0.4) is 0 Å². The zero-order valence-corrected chi connectivity index (χ0v) is 11.6. The first-order valence-corrected chi connectivity index (χ1v) is 7.43. The standard InChI is InChI=1S/C12H18N2O3S/c1-14(2)9-8-13-12(15)10-4-6-11(7-5-10)18(3,16)17/h4-7H,8-9H2,1-3H3,(H,13,15). The minimum atomic E-state index is -3.21. The second-order valence-electron chi connectivity index (χ2n) is 4.36. The lowest BCUT2D eigenvalue weighted by atomic mass is 10.2. The molecule has 100 valence electrons. The van der Waals surface area contributed by atoms with Crippen molar-refractivity contribution >= 4 is 15.7 Å². The van der Waals surface area contributed by atoms with Crippen LogP contribution in [0.1, 0.15) is 10.4 Å². The van der Waals surface area contributed by atoms with Crippen LogP contribution in [0, 0.1) is 0 Å². The Hall–Kier alpha value is -1.40. The number of carbonyl (C=O) groups is 1. The van der Waals surface area contributed by atoms with Crippen molar-refractivity contribution in [2.75, 3.05) is 33.4 Å². The molecule has 0 saturated carbocycles. The molecule has 5 nitrogen and oxygen atoms in total. The molecule has 0 unspecified atom stereocenters. The topological polar surface area (TPSA) is 66.5 Å². The van der Waals surface area contributed by atoms with E-state index in [1.807, 2.05) is 19.0 Å². The number of hydrogen-bond acceptors (Lipinski definition) is 4. The lowest BCUT2D eigenvalue weighted by Gasteiger charge is -2.10. The molecule has 6 heteroatoms. The summed E-state index contributed by atoms with van der Waals surface area (Å²) in [6.45, 7) is 1.31. The molecule has 1 aromatic rings. The summed E-state index contributed by atoms with van der Waals surface area (Å²) < 4.78 is 22.5. The highest BCUT2D eigenvalue weighted by molar-refractivity contribution is 7.90. The third-order valence-electron chi connectivity index (χ3n) is 2.39. The maximum absolute atomic E-state index is 11.7. The summed E-state index contributed by atoms with van der Waals surface area (Å²) in [6, 6.07) is 5.91. The van der Waals surface area contributed by atoms with E-state index < -0.39 is 9.84 Å². The van der Waals surface area contributed by atoms with Crippen LogP contribution in [0.15, 0.2) is 29.2 Å². The van der Waals surface area contributed by atoms with Gasteiger partial charge in [-0.25, -0.2) is 8.42 Å². The van der Waals surface area contributed by atoms with Crippen molar-refractivity contribution in [1.29, 1.82) is 0 Å². The molecular weight excluding hydrogens is 252 g/mol. The van der Waals surface area contributed by atoms with Crippen molar-refractivity contribution in [2.24, 2.45) is 0 Å². The van der Waals surface area contributed by atoms with Crippen LogP contribution < -0.4 is 5.32 Å². The molecule has 0 aliphatic rings. The van der Waals surface area contributed by atoms with Gasteiger partial charge in [0.1, 0.15) is 0 Å². The number of benzene rings is 1. The van der Waals surface area contributed by atoms with E-state index in [9.17, 15) is 13.2 Å². The van der Waals surface area contributed by atoms with Crippen molar-refractivity contribution in [2.45, 2.75) is 4.90 Å². The van der Waals surface area contributed by atoms with Crippen molar-refractivity contribution < 1.29 is 13.2 Å². The zero-order chi connectivity index (χ0) is 13.8. The first-order chi connectivity index (χ1) is 8.30. The fraction of sp³-hybridized carbons (Fsp3) is 0.417. The Bertz CT molecular complexity index is 507. The highest BCUT2D eigenvalue weighted by atomic mass is 32.2. The fourth-order valence-electron chi connectivity index (χ4n) is 1.35. The Morgan fingerprint density at radius 2 is 1.78 bits per heavy atom. The Morgan fingerprint density at radius 1 is 1.22 bits per heavy atom. The van der Waals surface area contributed by atoms with Crippen molar-refractivity contribution in [3.63, 3.8) is 0 Å². The van der Waals surface area contributed by atoms with E-state index >= 15 is 0 Å². The number of rotatable bonds is 5. The van der Waals surface area contributed by atoms with Crippen molar-refractivity contribution in [3.05, 3.63) is 29.8 Å². The van der Waals surface area contributed by atoms with E-state index in [1.165, 1.54) is 24.3 Å². The van der Waals surface area contributed by atoms with Crippen LogP contribution in [-0.4, -0.2) is 52.7 Å². The van der Waals surface area contributed by atoms with Gasteiger partial charge >= 0.3 is 0 Å². The second-order valence-corrected chi connectivity index (χ2v) is 6.37. The van der Waals surface area contributed by atoms with Gasteiger partial charge < -0.3 is 10.2 Å². The second kappa shape index (κ2) is 5.97. The third-order valence-corrected chi connectivity index (χ3v) is 3.52. The monoisotopic (exact) mass is 270 g/mol. The van der Waals surface area contributed by atoms with Crippen molar-refractivity contribution in [1.82, 2.24) is 10.2 Å². The molecular formula is C12H18N2O3S. The molecule has 0 heterocycles. The predicted octanol–water partition coefficient (Wildman–Crippen LogP) is 0.382. The minimum Gasteiger partial charge on any atom is -0.351 e. The maximum atomic E-state index is 11.7. The summed E-state index contributed by atoms with van der Waals surface area (Å²) in [5.41, 5.74) is 0.459. The number of amides is 1. The van der Waals surface area contributed by atoms with E-state index in [1.54, 1.807) is 0 Å². The molecule has 0 saturated heterocycles. The molecule has 0 radical (unpaired) electrons. The summed E-state index contributed by atoms with van der Waals surface area (Å²) >= 11 is 0.